The molecule has 2 heterocycles. The number of allylic oxidation sites excluding steroid dienone is 1. The Balaban J connectivity index is 2.46. The Bertz CT molecular complexity index is 769. The van der Waals surface area contributed by atoms with Gasteiger partial charge in [-0.1, -0.05) is 47.9 Å². The highest BCUT2D eigenvalue weighted by molar-refractivity contribution is 8.76. The van der Waals surface area contributed by atoms with Gasteiger partial charge in [0, 0.05) is 11.5 Å². The predicted molar refractivity (Wildman–Crippen MR) is 142 cm³/mol. The highest BCUT2D eigenvalue weighted by atomic mass is 33.1. The molecule has 0 aromatic carbocycles. The van der Waals surface area contributed by atoms with Crippen LogP contribution in [-0.2, 0) is 23.9 Å². The van der Waals surface area contributed by atoms with Crippen LogP contribution in [-0.4, -0.2) is 82.6 Å². The molecule has 2 bridgehead atoms. The normalized spacial score (nSPS) is 31.5. The molecular formula is C23H37N3O6S3. The maximum Gasteiger partial charge on any atom is 0.309 e. The molecule has 2 aliphatic heterocycles. The fraction of sp³-hybridized carbons (Fsp3) is 0.739. The molecule has 12 heteroatoms. The first-order valence-electron chi connectivity index (χ1n) is 11.9. The lowest BCUT2D eigenvalue weighted by molar-refractivity contribution is -0.151. The van der Waals surface area contributed by atoms with Gasteiger partial charge in [0.15, 0.2) is 0 Å². The second-order valence-electron chi connectivity index (χ2n) is 8.71. The lowest BCUT2D eigenvalue weighted by atomic mass is 9.92. The molecule has 0 radical (unpaired) electrons. The van der Waals surface area contributed by atoms with E-state index in [0.717, 1.165) is 5.75 Å². The number of hydrogen-bond donors (Lipinski definition) is 4. The van der Waals surface area contributed by atoms with Gasteiger partial charge in [-0.15, -0.1) is 0 Å². The van der Waals surface area contributed by atoms with E-state index in [2.05, 4.69) is 16.0 Å². The molecule has 0 aromatic rings. The number of thioether (sulfide) groups is 1. The number of nitrogens with one attached hydrogen (secondary N) is 3. The van der Waals surface area contributed by atoms with E-state index in [-0.39, 0.29) is 18.8 Å². The smallest absolute Gasteiger partial charge is 0.309 e. The standard InChI is InChI=1S/C23H37N3O6S3/c1-4-14(2)21-18(27)12-20(29)32-15-7-5-6-9-34-35-13-17(23(31)26-21)25-22(30)16(8-10-33-3)24-19(28)11-15/h5,7,14-18,21,27H,4,6,8-13H2,1-3H3,(H,24,28)(H,25,30)(H,26,31)/b7-5-/t14?,15-,16-,17-,18+,21-/m1/s1. The molecule has 6 atom stereocenters. The van der Waals surface area contributed by atoms with Crippen LogP contribution in [0.3, 0.4) is 0 Å². The van der Waals surface area contributed by atoms with Crippen molar-refractivity contribution in [1.29, 1.82) is 0 Å². The van der Waals surface area contributed by atoms with Crippen LogP contribution in [0, 0.1) is 5.92 Å². The van der Waals surface area contributed by atoms with Crippen LogP contribution in [0.2, 0.25) is 0 Å². The fourth-order valence-corrected chi connectivity index (χ4v) is 6.36. The Morgan fingerprint density at radius 1 is 1.14 bits per heavy atom. The quantitative estimate of drug-likeness (QED) is 0.230. The molecule has 1 saturated heterocycles. The molecule has 3 amide bonds. The molecule has 4 N–H and O–H groups in total. The number of carbonyl (C=O) groups excluding carboxylic acids is 4. The first kappa shape index (κ1) is 29.9. The van der Waals surface area contributed by atoms with Crippen molar-refractivity contribution in [3.8, 4) is 0 Å². The first-order chi connectivity index (χ1) is 16.7. The van der Waals surface area contributed by atoms with Crippen molar-refractivity contribution in [3.63, 3.8) is 0 Å². The summed E-state index contributed by atoms with van der Waals surface area (Å²) in [7, 11) is 3.05. The molecule has 0 aromatic heterocycles. The number of ether oxygens (including phenoxy) is 1. The van der Waals surface area contributed by atoms with Gasteiger partial charge in [0.05, 0.1) is 25.0 Å². The molecule has 2 aliphatic rings. The van der Waals surface area contributed by atoms with Crippen molar-refractivity contribution in [3.05, 3.63) is 12.2 Å². The summed E-state index contributed by atoms with van der Waals surface area (Å²) in [5.41, 5.74) is 0. The van der Waals surface area contributed by atoms with Gasteiger partial charge in [-0.25, -0.2) is 0 Å². The van der Waals surface area contributed by atoms with E-state index in [0.29, 0.717) is 30.8 Å². The lowest BCUT2D eigenvalue weighted by Gasteiger charge is -2.31. The Morgan fingerprint density at radius 2 is 1.91 bits per heavy atom. The van der Waals surface area contributed by atoms with Gasteiger partial charge in [-0.05, 0) is 36.8 Å². The molecule has 198 valence electrons. The zero-order valence-electron chi connectivity index (χ0n) is 20.5. The maximum atomic E-state index is 13.3. The monoisotopic (exact) mass is 547 g/mol. The maximum absolute atomic E-state index is 13.3. The minimum absolute atomic E-state index is 0.122. The van der Waals surface area contributed by atoms with Crippen LogP contribution in [0.15, 0.2) is 12.2 Å². The van der Waals surface area contributed by atoms with Gasteiger partial charge >= 0.3 is 5.97 Å². The van der Waals surface area contributed by atoms with Gasteiger partial charge < -0.3 is 25.8 Å². The second kappa shape index (κ2) is 15.7. The summed E-state index contributed by atoms with van der Waals surface area (Å²) < 4.78 is 5.54. The summed E-state index contributed by atoms with van der Waals surface area (Å²) in [6.45, 7) is 3.82. The SMILES string of the molecule is CCC(C)[C@H]1NC(=O)[C@H]2CSSCC/C=C\[C@H](CC(=O)N[C@H](CCSC)C(=O)N2)OC(=O)C[C@@H]1O. The number of fused-ring (bicyclic) bond motifs is 7. The number of aliphatic hydroxyl groups is 1. The van der Waals surface area contributed by atoms with Crippen LogP contribution in [0.4, 0.5) is 0 Å². The van der Waals surface area contributed by atoms with E-state index in [1.165, 1.54) is 10.8 Å². The van der Waals surface area contributed by atoms with E-state index >= 15 is 0 Å². The first-order valence-corrected chi connectivity index (χ1v) is 15.8. The molecule has 2 rings (SSSR count). The third-order valence-corrected chi connectivity index (χ3v) is 9.05. The summed E-state index contributed by atoms with van der Waals surface area (Å²) >= 11 is 1.55. The number of esters is 1. The second-order valence-corrected chi connectivity index (χ2v) is 12.3. The summed E-state index contributed by atoms with van der Waals surface area (Å²) in [5, 5.41) is 19.3. The summed E-state index contributed by atoms with van der Waals surface area (Å²) in [4.78, 5) is 51.9. The molecular weight excluding hydrogens is 510 g/mol. The molecule has 35 heavy (non-hydrogen) atoms. The number of hydrogen-bond acceptors (Lipinski definition) is 9. The van der Waals surface area contributed by atoms with Crippen molar-refractivity contribution in [2.45, 2.75) is 76.3 Å². The van der Waals surface area contributed by atoms with E-state index in [9.17, 15) is 24.3 Å². The Labute approximate surface area is 219 Å². The van der Waals surface area contributed by atoms with Gasteiger partial charge in [0.25, 0.3) is 0 Å². The Kier molecular flexibility index (Phi) is 13.4. The number of carbonyl (C=O) groups is 4. The van der Waals surface area contributed by atoms with Crippen LogP contribution in [0.25, 0.3) is 0 Å². The van der Waals surface area contributed by atoms with Gasteiger partial charge in [-0.3, -0.25) is 19.2 Å². The molecule has 0 saturated carbocycles. The third-order valence-electron chi connectivity index (χ3n) is 5.96. The topological polar surface area (TPSA) is 134 Å². The minimum Gasteiger partial charge on any atom is -0.457 e. The minimum atomic E-state index is -1.18. The average molecular weight is 548 g/mol. The molecule has 0 spiro atoms. The number of aliphatic hydroxyl groups excluding tert-OH is 1. The number of amides is 3. The third kappa shape index (κ3) is 10.3. The number of rotatable bonds is 5. The highest BCUT2D eigenvalue weighted by Gasteiger charge is 2.34. The van der Waals surface area contributed by atoms with Crippen molar-refractivity contribution in [2.24, 2.45) is 5.92 Å². The molecule has 1 unspecified atom stereocenters. The lowest BCUT2D eigenvalue weighted by Crippen LogP contribution is -2.58. The van der Waals surface area contributed by atoms with E-state index in [1.54, 1.807) is 28.6 Å². The van der Waals surface area contributed by atoms with Crippen molar-refractivity contribution >= 4 is 57.0 Å². The highest BCUT2D eigenvalue weighted by Crippen LogP contribution is 2.24. The van der Waals surface area contributed by atoms with E-state index in [1.807, 2.05) is 26.2 Å². The average Bonchev–Trinajstić information content (AvgIpc) is 2.81. The molecule has 9 nitrogen and oxygen atoms in total. The molecule has 1 fully saturated rings. The zero-order chi connectivity index (χ0) is 25.8. The summed E-state index contributed by atoms with van der Waals surface area (Å²) in [5.74, 6) is -0.362. The van der Waals surface area contributed by atoms with Crippen LogP contribution < -0.4 is 16.0 Å². The van der Waals surface area contributed by atoms with Crippen molar-refractivity contribution in [1.82, 2.24) is 16.0 Å². The predicted octanol–water partition coefficient (Wildman–Crippen LogP) is 1.65. The molecule has 0 aliphatic carbocycles. The fourth-order valence-electron chi connectivity index (χ4n) is 3.74. The Morgan fingerprint density at radius 3 is 2.63 bits per heavy atom. The zero-order valence-corrected chi connectivity index (χ0v) is 22.9. The van der Waals surface area contributed by atoms with E-state index in [4.69, 9.17) is 4.74 Å². The van der Waals surface area contributed by atoms with Gasteiger partial charge in [0.1, 0.15) is 18.2 Å². The van der Waals surface area contributed by atoms with Crippen molar-refractivity contribution < 1.29 is 29.0 Å². The van der Waals surface area contributed by atoms with Crippen LogP contribution in [0.1, 0.15) is 46.0 Å². The summed E-state index contributed by atoms with van der Waals surface area (Å²) in [6, 6.07) is -2.39. The van der Waals surface area contributed by atoms with Crippen LogP contribution in [0.5, 0.6) is 0 Å². The largest absolute Gasteiger partial charge is 0.457 e. The van der Waals surface area contributed by atoms with Crippen LogP contribution >= 0.6 is 33.3 Å². The Hall–Kier alpha value is -1.37. The van der Waals surface area contributed by atoms with E-state index < -0.39 is 54.0 Å². The van der Waals surface area contributed by atoms with Crippen molar-refractivity contribution in [2.75, 3.05) is 23.5 Å². The van der Waals surface area contributed by atoms with Gasteiger partial charge in [-0.2, -0.15) is 11.8 Å². The van der Waals surface area contributed by atoms with Gasteiger partial charge in [0.2, 0.25) is 17.7 Å². The summed E-state index contributed by atoms with van der Waals surface area (Å²) in [6.07, 6.45) is 4.75.